The highest BCUT2D eigenvalue weighted by Gasteiger charge is 2.19. The molecule has 4 aromatic rings. The van der Waals surface area contributed by atoms with E-state index >= 15 is 0 Å². The van der Waals surface area contributed by atoms with E-state index in [4.69, 9.17) is 11.6 Å². The molecule has 0 radical (unpaired) electrons. The number of hydrogen-bond donors (Lipinski definition) is 3. The fourth-order valence-electron chi connectivity index (χ4n) is 3.44. The zero-order chi connectivity index (χ0) is 26.6. The van der Waals surface area contributed by atoms with Crippen molar-refractivity contribution in [2.45, 2.75) is 16.7 Å². The molecule has 0 aromatic heterocycles. The van der Waals surface area contributed by atoms with E-state index in [9.17, 15) is 21.6 Å². The van der Waals surface area contributed by atoms with Crippen molar-refractivity contribution in [1.82, 2.24) is 0 Å². The lowest BCUT2D eigenvalue weighted by Gasteiger charge is -2.14. The summed E-state index contributed by atoms with van der Waals surface area (Å²) in [6.45, 7) is 1.63. The lowest BCUT2D eigenvalue weighted by Crippen LogP contribution is -2.17. The molecule has 0 saturated heterocycles. The molecule has 0 aliphatic rings. The van der Waals surface area contributed by atoms with Crippen LogP contribution in [0.4, 0.5) is 17.1 Å². The molecule has 37 heavy (non-hydrogen) atoms. The number of amides is 1. The molecule has 190 valence electrons. The average molecular weight is 556 g/mol. The van der Waals surface area contributed by atoms with Gasteiger partial charge in [-0.05, 0) is 85.3 Å². The third kappa shape index (κ3) is 6.29. The number of rotatable bonds is 8. The predicted octanol–water partition coefficient (Wildman–Crippen LogP) is 5.50. The van der Waals surface area contributed by atoms with Crippen LogP contribution in [0.2, 0.25) is 5.02 Å². The largest absolute Gasteiger partial charge is 0.322 e. The first-order valence-corrected chi connectivity index (χ1v) is 14.3. The second-order valence-electron chi connectivity index (χ2n) is 7.99. The maximum atomic E-state index is 12.9. The second-order valence-corrected chi connectivity index (χ2v) is 11.8. The van der Waals surface area contributed by atoms with Gasteiger partial charge >= 0.3 is 0 Å². The van der Waals surface area contributed by atoms with Gasteiger partial charge in [-0.3, -0.25) is 14.2 Å². The van der Waals surface area contributed by atoms with E-state index < -0.39 is 26.0 Å². The van der Waals surface area contributed by atoms with Crippen LogP contribution in [-0.2, 0) is 20.0 Å². The number of benzene rings is 4. The SMILES string of the molecule is Cc1c(NS(=O)(=O)c2ccccc2)cccc1C(=O)Nc1ccc(S(=O)(=O)Nc2ccc(Cl)cc2)cc1. The van der Waals surface area contributed by atoms with Crippen molar-refractivity contribution >= 4 is 54.6 Å². The summed E-state index contributed by atoms with van der Waals surface area (Å²) < 4.78 is 55.7. The van der Waals surface area contributed by atoms with Gasteiger partial charge in [0, 0.05) is 22.0 Å². The Balaban J connectivity index is 1.48. The third-order valence-corrected chi connectivity index (χ3v) is 8.43. The van der Waals surface area contributed by atoms with E-state index in [1.54, 1.807) is 67.6 Å². The molecular formula is C26H22ClN3O5S2. The molecule has 0 heterocycles. The van der Waals surface area contributed by atoms with E-state index in [0.29, 0.717) is 22.0 Å². The lowest BCUT2D eigenvalue weighted by atomic mass is 10.1. The van der Waals surface area contributed by atoms with Crippen LogP contribution in [0.5, 0.6) is 0 Å². The Morgan fingerprint density at radius 2 is 1.22 bits per heavy atom. The number of sulfonamides is 2. The molecule has 0 aliphatic carbocycles. The highest BCUT2D eigenvalue weighted by atomic mass is 35.5. The maximum absolute atomic E-state index is 12.9. The Hall–Kier alpha value is -3.86. The molecule has 8 nitrogen and oxygen atoms in total. The van der Waals surface area contributed by atoms with Gasteiger partial charge in [-0.15, -0.1) is 0 Å². The van der Waals surface area contributed by atoms with E-state index in [1.807, 2.05) is 0 Å². The Labute approximate surface area is 220 Å². The lowest BCUT2D eigenvalue weighted by molar-refractivity contribution is 0.102. The fourth-order valence-corrected chi connectivity index (χ4v) is 5.77. The van der Waals surface area contributed by atoms with Gasteiger partial charge < -0.3 is 5.32 Å². The first-order chi connectivity index (χ1) is 17.5. The number of anilines is 3. The van der Waals surface area contributed by atoms with Crippen molar-refractivity contribution in [3.05, 3.63) is 113 Å². The molecule has 4 rings (SSSR count). The standard InChI is InChI=1S/C26H22ClN3O5S2/c1-18-24(8-5-9-25(18)30-37(34,35)22-6-3-2-4-7-22)26(31)28-20-14-16-23(17-15-20)36(32,33)29-21-12-10-19(27)11-13-21/h2-17,29-30H,1H3,(H,28,31). The highest BCUT2D eigenvalue weighted by Crippen LogP contribution is 2.24. The van der Waals surface area contributed by atoms with E-state index in [1.165, 1.54) is 36.4 Å². The quantitative estimate of drug-likeness (QED) is 0.265. The molecule has 4 aromatic carbocycles. The predicted molar refractivity (Wildman–Crippen MR) is 145 cm³/mol. The van der Waals surface area contributed by atoms with Crippen LogP contribution < -0.4 is 14.8 Å². The normalized spacial score (nSPS) is 11.5. The summed E-state index contributed by atoms with van der Waals surface area (Å²) in [5.41, 5.74) is 1.69. The van der Waals surface area contributed by atoms with Crippen molar-refractivity contribution in [1.29, 1.82) is 0 Å². The number of carbonyl (C=O) groups is 1. The van der Waals surface area contributed by atoms with Crippen LogP contribution in [0.1, 0.15) is 15.9 Å². The van der Waals surface area contributed by atoms with Crippen LogP contribution in [-0.4, -0.2) is 22.7 Å². The van der Waals surface area contributed by atoms with Gasteiger partial charge in [0.05, 0.1) is 15.5 Å². The molecule has 0 saturated carbocycles. The number of nitrogens with one attached hydrogen (secondary N) is 3. The number of halogens is 1. The first-order valence-electron chi connectivity index (χ1n) is 10.9. The Kier molecular flexibility index (Phi) is 7.53. The van der Waals surface area contributed by atoms with Crippen LogP contribution in [0.3, 0.4) is 0 Å². The summed E-state index contributed by atoms with van der Waals surface area (Å²) in [7, 11) is -7.68. The molecule has 0 bridgehead atoms. The topological polar surface area (TPSA) is 121 Å². The summed E-state index contributed by atoms with van der Waals surface area (Å²) >= 11 is 5.83. The average Bonchev–Trinajstić information content (AvgIpc) is 2.87. The van der Waals surface area contributed by atoms with Crippen LogP contribution >= 0.6 is 11.6 Å². The monoisotopic (exact) mass is 555 g/mol. The molecule has 3 N–H and O–H groups in total. The number of carbonyl (C=O) groups excluding carboxylic acids is 1. The minimum absolute atomic E-state index is 0.00828. The van der Waals surface area contributed by atoms with Crippen molar-refractivity contribution in [3.63, 3.8) is 0 Å². The molecule has 0 aliphatic heterocycles. The molecule has 0 spiro atoms. The van der Waals surface area contributed by atoms with Crippen molar-refractivity contribution in [3.8, 4) is 0 Å². The van der Waals surface area contributed by atoms with Gasteiger partial charge in [-0.1, -0.05) is 35.9 Å². The van der Waals surface area contributed by atoms with Gasteiger partial charge in [0.25, 0.3) is 26.0 Å². The Morgan fingerprint density at radius 1 is 0.649 bits per heavy atom. The minimum Gasteiger partial charge on any atom is -0.322 e. The molecule has 11 heteroatoms. The first kappa shape index (κ1) is 26.2. The van der Waals surface area contributed by atoms with Crippen LogP contribution in [0.15, 0.2) is 107 Å². The van der Waals surface area contributed by atoms with E-state index in [0.717, 1.165) is 0 Å². The summed E-state index contributed by atoms with van der Waals surface area (Å²) in [6, 6.07) is 24.5. The van der Waals surface area contributed by atoms with E-state index in [2.05, 4.69) is 14.8 Å². The minimum atomic E-state index is -3.85. The summed E-state index contributed by atoms with van der Waals surface area (Å²) in [4.78, 5) is 13.1. The third-order valence-electron chi connectivity index (χ3n) is 5.40. The molecule has 0 fully saturated rings. The zero-order valence-electron chi connectivity index (χ0n) is 19.5. The van der Waals surface area contributed by atoms with Gasteiger partial charge in [-0.2, -0.15) is 0 Å². The van der Waals surface area contributed by atoms with Crippen molar-refractivity contribution in [2.24, 2.45) is 0 Å². The van der Waals surface area contributed by atoms with Gasteiger partial charge in [0.1, 0.15) is 0 Å². The molecule has 1 amide bonds. The van der Waals surface area contributed by atoms with Crippen LogP contribution in [0.25, 0.3) is 0 Å². The van der Waals surface area contributed by atoms with Gasteiger partial charge in [-0.25, -0.2) is 16.8 Å². The Bertz CT molecular complexity index is 1640. The fraction of sp³-hybridized carbons (Fsp3) is 0.0385. The Morgan fingerprint density at radius 3 is 1.86 bits per heavy atom. The van der Waals surface area contributed by atoms with E-state index in [-0.39, 0.29) is 21.0 Å². The van der Waals surface area contributed by atoms with Gasteiger partial charge in [0.2, 0.25) is 0 Å². The van der Waals surface area contributed by atoms with Crippen molar-refractivity contribution in [2.75, 3.05) is 14.8 Å². The summed E-state index contributed by atoms with van der Waals surface area (Å²) in [5.74, 6) is -0.479. The zero-order valence-corrected chi connectivity index (χ0v) is 21.9. The molecule has 0 unspecified atom stereocenters. The summed E-state index contributed by atoms with van der Waals surface area (Å²) in [6.07, 6.45) is 0. The van der Waals surface area contributed by atoms with Crippen LogP contribution in [0, 0.1) is 6.92 Å². The maximum Gasteiger partial charge on any atom is 0.261 e. The summed E-state index contributed by atoms with van der Waals surface area (Å²) in [5, 5.41) is 3.19. The smallest absolute Gasteiger partial charge is 0.261 e. The second kappa shape index (κ2) is 10.6. The van der Waals surface area contributed by atoms with Crippen molar-refractivity contribution < 1.29 is 21.6 Å². The highest BCUT2D eigenvalue weighted by molar-refractivity contribution is 7.93. The number of hydrogen-bond acceptors (Lipinski definition) is 5. The van der Waals surface area contributed by atoms with Gasteiger partial charge in [0.15, 0.2) is 0 Å². The molecular weight excluding hydrogens is 534 g/mol. The molecule has 0 atom stereocenters.